The van der Waals surface area contributed by atoms with Gasteiger partial charge in [0.15, 0.2) is 0 Å². The number of aliphatic hydroxyl groups is 1. The minimum Gasteiger partial charge on any atom is -0.445 e. The smallest absolute Gasteiger partial charge is 0.410 e. The van der Waals surface area contributed by atoms with Gasteiger partial charge in [-0.15, -0.1) is 0 Å². The van der Waals surface area contributed by atoms with Gasteiger partial charge in [-0.2, -0.15) is 0 Å². The number of halogens is 1. The van der Waals surface area contributed by atoms with Gasteiger partial charge in [-0.1, -0.05) is 30.3 Å². The number of hydrogen-bond donors (Lipinski definition) is 1. The van der Waals surface area contributed by atoms with Crippen molar-refractivity contribution in [2.45, 2.75) is 6.61 Å². The summed E-state index contributed by atoms with van der Waals surface area (Å²) in [6.07, 6.45) is -0.691. The zero-order chi connectivity index (χ0) is 15.0. The van der Waals surface area contributed by atoms with Gasteiger partial charge in [0.1, 0.15) is 6.61 Å². The first kappa shape index (κ1) is 16.7. The van der Waals surface area contributed by atoms with E-state index >= 15 is 0 Å². The lowest BCUT2D eigenvalue weighted by atomic mass is 10.2. The number of benzene rings is 1. The van der Waals surface area contributed by atoms with Crippen molar-refractivity contribution in [3.63, 3.8) is 0 Å². The van der Waals surface area contributed by atoms with Crippen LogP contribution in [-0.4, -0.2) is 50.0 Å². The van der Waals surface area contributed by atoms with Crippen LogP contribution in [0.4, 0.5) is 4.79 Å². The summed E-state index contributed by atoms with van der Waals surface area (Å²) in [4.78, 5) is 12.9. The molecule has 0 spiro atoms. The summed E-state index contributed by atoms with van der Waals surface area (Å²) in [7, 11) is 1.39. The van der Waals surface area contributed by atoms with Crippen LogP contribution in [0.1, 0.15) is 5.56 Å². The molecule has 0 atom stereocenters. The van der Waals surface area contributed by atoms with Crippen LogP contribution >= 0.6 is 10.7 Å². The molecule has 0 heterocycles. The summed E-state index contributed by atoms with van der Waals surface area (Å²) in [5.74, 6) is -0.394. The molecule has 0 saturated heterocycles. The van der Waals surface area contributed by atoms with E-state index in [1.54, 1.807) is 12.1 Å². The van der Waals surface area contributed by atoms with Crippen molar-refractivity contribution in [2.75, 3.05) is 25.4 Å². The van der Waals surface area contributed by atoms with Crippen molar-refractivity contribution in [3.05, 3.63) is 35.9 Å². The van der Waals surface area contributed by atoms with E-state index in [4.69, 9.17) is 20.5 Å². The fourth-order valence-corrected chi connectivity index (χ4v) is 2.09. The Morgan fingerprint density at radius 3 is 2.45 bits per heavy atom. The molecule has 0 aliphatic carbocycles. The first-order valence-electron chi connectivity index (χ1n) is 5.91. The molecule has 112 valence electrons. The maximum Gasteiger partial charge on any atom is 0.410 e. The van der Waals surface area contributed by atoms with Crippen LogP contribution in [0.15, 0.2) is 30.3 Å². The van der Waals surface area contributed by atoms with Gasteiger partial charge in [0, 0.05) is 23.8 Å². The molecule has 20 heavy (non-hydrogen) atoms. The maximum atomic E-state index is 11.8. The monoisotopic (exact) mass is 321 g/mol. The van der Waals surface area contributed by atoms with Crippen LogP contribution in [0.3, 0.4) is 0 Å². The standard InChI is InChI=1S/C12H16ClNO5S/c13-20(17,18)9-7-14(6-8-15)12(16)19-10-11-4-2-1-3-5-11/h1-5,15H,6-10H2. The Morgan fingerprint density at radius 1 is 1.25 bits per heavy atom. The van der Waals surface area contributed by atoms with Crippen LogP contribution in [0.2, 0.25) is 0 Å². The van der Waals surface area contributed by atoms with E-state index in [2.05, 4.69) is 0 Å². The molecule has 1 aromatic rings. The van der Waals surface area contributed by atoms with E-state index in [1.807, 2.05) is 18.2 Å². The molecule has 0 bridgehead atoms. The van der Waals surface area contributed by atoms with Crippen molar-refractivity contribution in [1.82, 2.24) is 4.90 Å². The molecule has 8 heteroatoms. The third kappa shape index (κ3) is 6.74. The zero-order valence-electron chi connectivity index (χ0n) is 10.7. The Kier molecular flexibility index (Phi) is 6.77. The van der Waals surface area contributed by atoms with E-state index < -0.39 is 20.9 Å². The highest BCUT2D eigenvalue weighted by molar-refractivity contribution is 8.13. The first-order chi connectivity index (χ1) is 9.42. The van der Waals surface area contributed by atoms with Crippen LogP contribution in [-0.2, 0) is 20.4 Å². The van der Waals surface area contributed by atoms with E-state index in [0.29, 0.717) is 0 Å². The van der Waals surface area contributed by atoms with Gasteiger partial charge >= 0.3 is 6.09 Å². The van der Waals surface area contributed by atoms with Gasteiger partial charge in [0.25, 0.3) is 0 Å². The van der Waals surface area contributed by atoms with Crippen molar-refractivity contribution in [1.29, 1.82) is 0 Å². The van der Waals surface area contributed by atoms with Gasteiger partial charge in [-0.25, -0.2) is 13.2 Å². The minimum atomic E-state index is -3.70. The number of aliphatic hydroxyl groups excluding tert-OH is 1. The lowest BCUT2D eigenvalue weighted by molar-refractivity contribution is 0.0909. The zero-order valence-corrected chi connectivity index (χ0v) is 12.3. The van der Waals surface area contributed by atoms with Crippen LogP contribution in [0.5, 0.6) is 0 Å². The molecular formula is C12H16ClNO5S. The fourth-order valence-electron chi connectivity index (χ4n) is 1.44. The molecule has 0 unspecified atom stereocenters. The summed E-state index contributed by atoms with van der Waals surface area (Å²) in [5.41, 5.74) is 0.815. The fraction of sp³-hybridized carbons (Fsp3) is 0.417. The summed E-state index contributed by atoms with van der Waals surface area (Å²) >= 11 is 0. The number of amides is 1. The number of rotatable bonds is 7. The highest BCUT2D eigenvalue weighted by atomic mass is 35.7. The molecule has 6 nitrogen and oxygen atoms in total. The molecule has 1 N–H and O–H groups in total. The average molecular weight is 322 g/mol. The summed E-state index contributed by atoms with van der Waals surface area (Å²) in [6, 6.07) is 9.07. The predicted molar refractivity (Wildman–Crippen MR) is 74.9 cm³/mol. The summed E-state index contributed by atoms with van der Waals surface area (Å²) < 4.78 is 26.8. The van der Waals surface area contributed by atoms with E-state index in [0.717, 1.165) is 10.5 Å². The molecule has 1 aromatic carbocycles. The Hall–Kier alpha value is -1.31. The lowest BCUT2D eigenvalue weighted by Crippen LogP contribution is -2.37. The second-order valence-electron chi connectivity index (χ2n) is 3.99. The minimum absolute atomic E-state index is 0.0139. The molecule has 0 fully saturated rings. The van der Waals surface area contributed by atoms with Gasteiger partial charge in [0.2, 0.25) is 9.05 Å². The van der Waals surface area contributed by atoms with Gasteiger partial charge in [-0.05, 0) is 5.56 Å². The van der Waals surface area contributed by atoms with Crippen LogP contribution < -0.4 is 0 Å². The molecule has 0 radical (unpaired) electrons. The second kappa shape index (κ2) is 8.08. The Bertz CT molecular complexity index is 520. The normalized spacial score (nSPS) is 11.1. The predicted octanol–water partition coefficient (Wildman–Crippen LogP) is 1.19. The highest BCUT2D eigenvalue weighted by Crippen LogP contribution is 2.04. The number of carbonyl (C=O) groups excluding carboxylic acids is 1. The van der Waals surface area contributed by atoms with Crippen molar-refractivity contribution in [2.24, 2.45) is 0 Å². The quantitative estimate of drug-likeness (QED) is 0.763. The second-order valence-corrected chi connectivity index (χ2v) is 6.89. The number of hydrogen-bond acceptors (Lipinski definition) is 5. The topological polar surface area (TPSA) is 83.9 Å². The van der Waals surface area contributed by atoms with E-state index in [1.165, 1.54) is 0 Å². The van der Waals surface area contributed by atoms with Crippen LogP contribution in [0, 0.1) is 0 Å². The van der Waals surface area contributed by atoms with Crippen LogP contribution in [0.25, 0.3) is 0 Å². The largest absolute Gasteiger partial charge is 0.445 e. The molecule has 0 aliphatic rings. The summed E-state index contributed by atoms with van der Waals surface area (Å²) in [6.45, 7) is -0.349. The molecule has 1 rings (SSSR count). The Morgan fingerprint density at radius 2 is 1.90 bits per heavy atom. The number of nitrogens with zero attached hydrogens (tertiary/aromatic N) is 1. The van der Waals surface area contributed by atoms with E-state index in [-0.39, 0.29) is 26.3 Å². The Balaban J connectivity index is 2.51. The first-order valence-corrected chi connectivity index (χ1v) is 8.39. The molecule has 0 aromatic heterocycles. The number of ether oxygens (including phenoxy) is 1. The van der Waals surface area contributed by atoms with Crippen molar-refractivity contribution < 1.29 is 23.1 Å². The highest BCUT2D eigenvalue weighted by Gasteiger charge is 2.17. The summed E-state index contributed by atoms with van der Waals surface area (Å²) in [5, 5.41) is 8.87. The third-order valence-electron chi connectivity index (χ3n) is 2.44. The SMILES string of the molecule is O=C(OCc1ccccc1)N(CCO)CCS(=O)(=O)Cl. The third-order valence-corrected chi connectivity index (χ3v) is 3.57. The molecule has 1 amide bonds. The van der Waals surface area contributed by atoms with Crippen molar-refractivity contribution >= 4 is 25.8 Å². The Labute approximate surface area is 122 Å². The number of carbonyl (C=O) groups is 1. The lowest BCUT2D eigenvalue weighted by Gasteiger charge is -2.20. The molecule has 0 aliphatic heterocycles. The van der Waals surface area contributed by atoms with Gasteiger partial charge in [-0.3, -0.25) is 0 Å². The van der Waals surface area contributed by atoms with Crippen molar-refractivity contribution in [3.8, 4) is 0 Å². The molecular weight excluding hydrogens is 306 g/mol. The van der Waals surface area contributed by atoms with Gasteiger partial charge in [0.05, 0.1) is 12.4 Å². The molecule has 0 saturated carbocycles. The van der Waals surface area contributed by atoms with Gasteiger partial charge < -0.3 is 14.7 Å². The average Bonchev–Trinajstić information content (AvgIpc) is 2.41. The maximum absolute atomic E-state index is 11.8. The van der Waals surface area contributed by atoms with E-state index in [9.17, 15) is 13.2 Å².